The van der Waals surface area contributed by atoms with Crippen LogP contribution in [0.1, 0.15) is 27.3 Å². The molecule has 8 heteroatoms. The molecule has 6 nitrogen and oxygen atoms in total. The number of nitrogens with zero attached hydrogens (tertiary/aromatic N) is 3. The molecule has 0 unspecified atom stereocenters. The Morgan fingerprint density at radius 1 is 1.06 bits per heavy atom. The fourth-order valence-corrected chi connectivity index (χ4v) is 5.11. The number of nitrogens with one attached hydrogen (secondary N) is 1. The molecule has 0 spiro atoms. The first kappa shape index (κ1) is 22.1. The average molecular weight is 465 g/mol. The quantitative estimate of drug-likeness (QED) is 0.255. The van der Waals surface area contributed by atoms with Gasteiger partial charge in [-0.1, -0.05) is 40.8 Å². The molecule has 4 aromatic rings. The lowest BCUT2D eigenvalue weighted by Gasteiger charge is -2.10. The van der Waals surface area contributed by atoms with Crippen molar-refractivity contribution in [3.63, 3.8) is 0 Å². The van der Waals surface area contributed by atoms with E-state index in [1.807, 2.05) is 68.4 Å². The van der Waals surface area contributed by atoms with Gasteiger partial charge in [-0.15, -0.1) is 10.2 Å². The molecule has 0 saturated carbocycles. The van der Waals surface area contributed by atoms with Gasteiger partial charge in [0, 0.05) is 28.3 Å². The second-order valence-corrected chi connectivity index (χ2v) is 9.59. The van der Waals surface area contributed by atoms with Crippen molar-refractivity contribution in [1.82, 2.24) is 14.8 Å². The molecular formula is C24H24N4O2S2. The fraction of sp³-hybridized carbons (Fsp3) is 0.208. The van der Waals surface area contributed by atoms with E-state index in [1.165, 1.54) is 28.7 Å². The SMILES string of the molecule is COc1ccc(-n2c(C)cc(C(=O)CSc3nnc(Nc4ccc(C)cc4)s3)c2C)cc1. The van der Waals surface area contributed by atoms with Crippen LogP contribution in [0.5, 0.6) is 5.75 Å². The molecule has 2 heterocycles. The van der Waals surface area contributed by atoms with Crippen LogP contribution in [-0.2, 0) is 0 Å². The van der Waals surface area contributed by atoms with Gasteiger partial charge in [0.2, 0.25) is 5.13 Å². The van der Waals surface area contributed by atoms with Crippen LogP contribution in [0.25, 0.3) is 5.69 Å². The lowest BCUT2D eigenvalue weighted by atomic mass is 10.2. The number of carbonyl (C=O) groups is 1. The molecule has 2 aromatic carbocycles. The molecule has 0 atom stereocenters. The maximum absolute atomic E-state index is 13.0. The van der Waals surface area contributed by atoms with Crippen LogP contribution in [0, 0.1) is 20.8 Å². The summed E-state index contributed by atoms with van der Waals surface area (Å²) >= 11 is 2.85. The number of benzene rings is 2. The zero-order valence-corrected chi connectivity index (χ0v) is 20.0. The Morgan fingerprint density at radius 3 is 2.47 bits per heavy atom. The Labute approximate surface area is 195 Å². The Hall–Kier alpha value is -3.10. The number of methoxy groups -OCH3 is 1. The molecule has 1 N–H and O–H groups in total. The number of hydrogen-bond donors (Lipinski definition) is 1. The van der Waals surface area contributed by atoms with Crippen molar-refractivity contribution in [2.75, 3.05) is 18.2 Å². The summed E-state index contributed by atoms with van der Waals surface area (Å²) in [6.07, 6.45) is 0. The third-order valence-corrected chi connectivity index (χ3v) is 7.07. The predicted octanol–water partition coefficient (Wildman–Crippen LogP) is 5.98. The smallest absolute Gasteiger partial charge is 0.210 e. The largest absolute Gasteiger partial charge is 0.497 e. The molecule has 164 valence electrons. The van der Waals surface area contributed by atoms with E-state index >= 15 is 0 Å². The zero-order valence-electron chi connectivity index (χ0n) is 18.4. The molecule has 32 heavy (non-hydrogen) atoms. The molecule has 4 rings (SSSR count). The van der Waals surface area contributed by atoms with Gasteiger partial charge in [0.05, 0.1) is 12.9 Å². The zero-order chi connectivity index (χ0) is 22.7. The number of ether oxygens (including phenoxy) is 1. The van der Waals surface area contributed by atoms with Crippen molar-refractivity contribution >= 4 is 39.7 Å². The third kappa shape index (κ3) is 4.87. The standard InChI is InChI=1S/C24H24N4O2S2/c1-15-5-7-18(8-6-15)25-23-26-27-24(32-23)31-14-22(29)21-13-16(2)28(17(21)3)19-9-11-20(30-4)12-10-19/h5-13H,14H2,1-4H3,(H,25,26). The van der Waals surface area contributed by atoms with Gasteiger partial charge in [-0.25, -0.2) is 0 Å². The minimum atomic E-state index is 0.0751. The van der Waals surface area contributed by atoms with Crippen LogP contribution in [-0.4, -0.2) is 33.4 Å². The lowest BCUT2D eigenvalue weighted by molar-refractivity contribution is 0.102. The van der Waals surface area contributed by atoms with E-state index in [0.717, 1.165) is 38.4 Å². The molecule has 0 amide bonds. The van der Waals surface area contributed by atoms with Gasteiger partial charge in [-0.05, 0) is 63.2 Å². The molecule has 0 fully saturated rings. The van der Waals surface area contributed by atoms with E-state index in [-0.39, 0.29) is 5.78 Å². The highest BCUT2D eigenvalue weighted by molar-refractivity contribution is 8.01. The molecular weight excluding hydrogens is 440 g/mol. The van der Waals surface area contributed by atoms with Crippen LogP contribution in [0.2, 0.25) is 0 Å². The van der Waals surface area contributed by atoms with Crippen LogP contribution in [0.4, 0.5) is 10.8 Å². The molecule has 0 aliphatic heterocycles. The van der Waals surface area contributed by atoms with Crippen LogP contribution >= 0.6 is 23.1 Å². The number of aryl methyl sites for hydroxylation is 2. The van der Waals surface area contributed by atoms with Gasteiger partial charge < -0.3 is 14.6 Å². The number of rotatable bonds is 8. The summed E-state index contributed by atoms with van der Waals surface area (Å²) in [5.74, 6) is 1.19. The van der Waals surface area contributed by atoms with E-state index in [4.69, 9.17) is 4.74 Å². The van der Waals surface area contributed by atoms with Gasteiger partial charge in [0.25, 0.3) is 0 Å². The average Bonchev–Trinajstić information content (AvgIpc) is 3.37. The number of aromatic nitrogens is 3. The highest BCUT2D eigenvalue weighted by atomic mass is 32.2. The fourth-order valence-electron chi connectivity index (χ4n) is 3.46. The van der Waals surface area contributed by atoms with Crippen molar-refractivity contribution in [2.45, 2.75) is 25.1 Å². The molecule has 0 radical (unpaired) electrons. The van der Waals surface area contributed by atoms with Crippen molar-refractivity contribution < 1.29 is 9.53 Å². The number of Topliss-reactive ketones (excluding diaryl/α,β-unsaturated/α-hetero) is 1. The number of carbonyl (C=O) groups excluding carboxylic acids is 1. The number of ketones is 1. The molecule has 2 aromatic heterocycles. The first-order chi connectivity index (χ1) is 15.4. The van der Waals surface area contributed by atoms with E-state index in [0.29, 0.717) is 10.9 Å². The summed E-state index contributed by atoms with van der Waals surface area (Å²) in [6.45, 7) is 6.04. The summed E-state index contributed by atoms with van der Waals surface area (Å²) in [4.78, 5) is 13.0. The second-order valence-electron chi connectivity index (χ2n) is 7.39. The van der Waals surface area contributed by atoms with Gasteiger partial charge >= 0.3 is 0 Å². The Bertz CT molecular complexity index is 1230. The van der Waals surface area contributed by atoms with Crippen molar-refractivity contribution in [1.29, 1.82) is 0 Å². The Balaban J connectivity index is 1.42. The molecule has 0 aliphatic rings. The number of anilines is 2. The van der Waals surface area contributed by atoms with Gasteiger partial charge in [-0.3, -0.25) is 4.79 Å². The van der Waals surface area contributed by atoms with Crippen LogP contribution < -0.4 is 10.1 Å². The van der Waals surface area contributed by atoms with E-state index < -0.39 is 0 Å². The van der Waals surface area contributed by atoms with Gasteiger partial charge in [-0.2, -0.15) is 0 Å². The summed E-state index contributed by atoms with van der Waals surface area (Å²) < 4.78 is 8.09. The van der Waals surface area contributed by atoms with Crippen LogP contribution in [0.3, 0.4) is 0 Å². The van der Waals surface area contributed by atoms with Gasteiger partial charge in [0.15, 0.2) is 10.1 Å². The van der Waals surface area contributed by atoms with Gasteiger partial charge in [0.1, 0.15) is 5.75 Å². The maximum Gasteiger partial charge on any atom is 0.210 e. The molecule has 0 saturated heterocycles. The Kier molecular flexibility index (Phi) is 6.62. The highest BCUT2D eigenvalue weighted by Gasteiger charge is 2.18. The lowest BCUT2D eigenvalue weighted by Crippen LogP contribution is -2.05. The minimum absolute atomic E-state index is 0.0751. The maximum atomic E-state index is 13.0. The monoisotopic (exact) mass is 464 g/mol. The highest BCUT2D eigenvalue weighted by Crippen LogP contribution is 2.29. The second kappa shape index (κ2) is 9.58. The number of hydrogen-bond acceptors (Lipinski definition) is 7. The predicted molar refractivity (Wildman–Crippen MR) is 131 cm³/mol. The third-order valence-electron chi connectivity index (χ3n) is 5.10. The van der Waals surface area contributed by atoms with Crippen LogP contribution in [0.15, 0.2) is 58.9 Å². The first-order valence-corrected chi connectivity index (χ1v) is 11.9. The Morgan fingerprint density at radius 2 is 1.78 bits per heavy atom. The molecule has 0 bridgehead atoms. The number of thioether (sulfide) groups is 1. The topological polar surface area (TPSA) is 69.0 Å². The summed E-state index contributed by atoms with van der Waals surface area (Å²) in [5, 5.41) is 12.4. The summed E-state index contributed by atoms with van der Waals surface area (Å²) in [7, 11) is 1.65. The summed E-state index contributed by atoms with van der Waals surface area (Å²) in [5.41, 5.74) is 5.84. The van der Waals surface area contributed by atoms with E-state index in [1.54, 1.807) is 7.11 Å². The van der Waals surface area contributed by atoms with E-state index in [2.05, 4.69) is 27.0 Å². The first-order valence-electron chi connectivity index (χ1n) is 10.1. The van der Waals surface area contributed by atoms with Crippen molar-refractivity contribution in [2.24, 2.45) is 0 Å². The van der Waals surface area contributed by atoms with Crippen molar-refractivity contribution in [3.8, 4) is 11.4 Å². The normalized spacial score (nSPS) is 10.9. The summed E-state index contributed by atoms with van der Waals surface area (Å²) in [6, 6.07) is 17.9. The van der Waals surface area contributed by atoms with Crippen molar-refractivity contribution in [3.05, 3.63) is 77.1 Å². The van der Waals surface area contributed by atoms with E-state index in [9.17, 15) is 4.79 Å². The molecule has 0 aliphatic carbocycles. The minimum Gasteiger partial charge on any atom is -0.497 e.